The summed E-state index contributed by atoms with van der Waals surface area (Å²) in [5.74, 6) is 1.49. The van der Waals surface area contributed by atoms with E-state index in [1.54, 1.807) is 0 Å². The Morgan fingerprint density at radius 3 is 2.57 bits per heavy atom. The fraction of sp³-hybridized carbons (Fsp3) is 0.667. The van der Waals surface area contributed by atoms with Gasteiger partial charge in [-0.3, -0.25) is 0 Å². The average molecular weight is 301 g/mol. The van der Waals surface area contributed by atoms with E-state index in [0.717, 1.165) is 44.5 Å². The Morgan fingerprint density at radius 2 is 1.95 bits per heavy atom. The topological polar surface area (TPSA) is 42.1 Å². The lowest BCUT2D eigenvalue weighted by atomic mass is 9.89. The van der Waals surface area contributed by atoms with Crippen LogP contribution < -0.4 is 10.6 Å². The molecule has 0 aliphatic carbocycles. The van der Waals surface area contributed by atoms with Gasteiger partial charge in [-0.1, -0.05) is 13.8 Å². The molecule has 0 amide bonds. The summed E-state index contributed by atoms with van der Waals surface area (Å²) in [6, 6.07) is 1.99. The first-order valence-electron chi connectivity index (χ1n) is 7.37. The first kappa shape index (κ1) is 15.9. The van der Waals surface area contributed by atoms with Gasteiger partial charge >= 0.3 is 6.18 Å². The summed E-state index contributed by atoms with van der Waals surface area (Å²) in [7, 11) is 0. The molecule has 21 heavy (non-hydrogen) atoms. The van der Waals surface area contributed by atoms with Gasteiger partial charge in [0.05, 0.1) is 5.56 Å². The molecule has 1 saturated heterocycles. The maximum Gasteiger partial charge on any atom is 0.416 e. The van der Waals surface area contributed by atoms with Gasteiger partial charge < -0.3 is 10.6 Å². The molecule has 1 aliphatic heterocycles. The van der Waals surface area contributed by atoms with E-state index in [0.29, 0.717) is 17.7 Å². The second kappa shape index (κ2) is 6.12. The molecule has 3 nitrogen and oxygen atoms in total. The molecule has 118 valence electrons. The molecule has 2 heterocycles. The molecule has 2 rings (SSSR count). The lowest BCUT2D eigenvalue weighted by Gasteiger charge is -2.23. The first-order chi connectivity index (χ1) is 9.77. The van der Waals surface area contributed by atoms with Crippen LogP contribution in [0.3, 0.4) is 0 Å². The molecule has 1 aromatic rings. The highest BCUT2D eigenvalue weighted by Gasteiger charge is 2.32. The van der Waals surface area contributed by atoms with E-state index in [1.807, 2.05) is 4.90 Å². The zero-order chi connectivity index (χ0) is 15.6. The van der Waals surface area contributed by atoms with E-state index >= 15 is 0 Å². The summed E-state index contributed by atoms with van der Waals surface area (Å²) in [6.45, 7) is 5.86. The quantitative estimate of drug-likeness (QED) is 0.899. The molecule has 0 saturated carbocycles. The van der Waals surface area contributed by atoms with Gasteiger partial charge in [0.25, 0.3) is 0 Å². The number of pyridine rings is 1. The zero-order valence-electron chi connectivity index (χ0n) is 12.5. The fourth-order valence-electron chi connectivity index (χ4n) is 2.88. The molecule has 0 spiro atoms. The molecule has 0 radical (unpaired) electrons. The molecule has 1 fully saturated rings. The van der Waals surface area contributed by atoms with Crippen LogP contribution in [0, 0.1) is 11.8 Å². The summed E-state index contributed by atoms with van der Waals surface area (Å²) in [5.41, 5.74) is 4.81. The molecular formula is C15H22F3N3. The second-order valence-corrected chi connectivity index (χ2v) is 6.06. The van der Waals surface area contributed by atoms with E-state index < -0.39 is 11.7 Å². The number of halogens is 3. The average Bonchev–Trinajstić information content (AvgIpc) is 2.62. The van der Waals surface area contributed by atoms with Crippen LogP contribution in [-0.4, -0.2) is 18.1 Å². The highest BCUT2D eigenvalue weighted by Crippen LogP contribution is 2.33. The van der Waals surface area contributed by atoms with Crippen LogP contribution >= 0.6 is 0 Å². The van der Waals surface area contributed by atoms with Crippen molar-refractivity contribution in [3.8, 4) is 0 Å². The van der Waals surface area contributed by atoms with E-state index in [1.165, 1.54) is 0 Å². The first-order valence-corrected chi connectivity index (χ1v) is 7.37. The minimum atomic E-state index is -4.39. The fourth-order valence-corrected chi connectivity index (χ4v) is 2.88. The van der Waals surface area contributed by atoms with Crippen molar-refractivity contribution in [3.63, 3.8) is 0 Å². The van der Waals surface area contributed by atoms with Crippen LogP contribution in [0.1, 0.15) is 38.7 Å². The lowest BCUT2D eigenvalue weighted by Crippen LogP contribution is -2.26. The Balaban J connectivity index is 2.20. The highest BCUT2D eigenvalue weighted by molar-refractivity contribution is 5.49. The molecule has 1 unspecified atom stereocenters. The smallest absolute Gasteiger partial charge is 0.384 e. The van der Waals surface area contributed by atoms with Crippen LogP contribution in [0.25, 0.3) is 0 Å². The summed E-state index contributed by atoms with van der Waals surface area (Å²) >= 11 is 0. The van der Waals surface area contributed by atoms with Crippen LogP contribution in [0.2, 0.25) is 0 Å². The van der Waals surface area contributed by atoms with Crippen molar-refractivity contribution in [2.45, 2.75) is 39.3 Å². The van der Waals surface area contributed by atoms with Crippen molar-refractivity contribution in [1.82, 2.24) is 4.98 Å². The number of aromatic nitrogens is 1. The maximum atomic E-state index is 12.9. The van der Waals surface area contributed by atoms with Crippen molar-refractivity contribution in [2.75, 3.05) is 23.7 Å². The summed E-state index contributed by atoms with van der Waals surface area (Å²) in [6.07, 6.45) is -1.32. The molecule has 0 bridgehead atoms. The Hall–Kier alpha value is -1.46. The van der Waals surface area contributed by atoms with E-state index in [2.05, 4.69) is 18.8 Å². The van der Waals surface area contributed by atoms with Gasteiger partial charge in [0, 0.05) is 13.1 Å². The minimum Gasteiger partial charge on any atom is -0.384 e. The molecular weight excluding hydrogens is 279 g/mol. The van der Waals surface area contributed by atoms with Crippen LogP contribution in [0.5, 0.6) is 0 Å². The molecule has 6 heteroatoms. The van der Waals surface area contributed by atoms with E-state index in [9.17, 15) is 13.2 Å². The molecule has 1 atom stereocenters. The predicted molar refractivity (Wildman–Crippen MR) is 78.0 cm³/mol. The highest BCUT2D eigenvalue weighted by atomic mass is 19.4. The monoisotopic (exact) mass is 301 g/mol. The van der Waals surface area contributed by atoms with Crippen molar-refractivity contribution >= 4 is 11.6 Å². The van der Waals surface area contributed by atoms with E-state index in [-0.39, 0.29) is 5.82 Å². The lowest BCUT2D eigenvalue weighted by molar-refractivity contribution is -0.137. The van der Waals surface area contributed by atoms with Gasteiger partial charge in [0.15, 0.2) is 0 Å². The third-order valence-corrected chi connectivity index (χ3v) is 4.20. The van der Waals surface area contributed by atoms with Gasteiger partial charge in [-0.05, 0) is 43.2 Å². The number of alkyl halides is 3. The number of nitrogens with zero attached hydrogens (tertiary/aromatic N) is 2. The van der Waals surface area contributed by atoms with Crippen molar-refractivity contribution in [1.29, 1.82) is 0 Å². The third kappa shape index (κ3) is 4.02. The SMILES string of the molecule is CC(C)C1CCCN(c2cc(C(F)(F)F)cc(N)n2)CC1. The number of nitrogens with two attached hydrogens (primary N) is 1. The van der Waals surface area contributed by atoms with Gasteiger partial charge in [0.1, 0.15) is 11.6 Å². The van der Waals surface area contributed by atoms with Gasteiger partial charge in [-0.25, -0.2) is 4.98 Å². The Kier molecular flexibility index (Phi) is 4.64. The van der Waals surface area contributed by atoms with Gasteiger partial charge in [-0.2, -0.15) is 13.2 Å². The maximum absolute atomic E-state index is 12.9. The van der Waals surface area contributed by atoms with E-state index in [4.69, 9.17) is 5.73 Å². The summed E-state index contributed by atoms with van der Waals surface area (Å²) in [5, 5.41) is 0. The number of hydrogen-bond acceptors (Lipinski definition) is 3. The molecule has 2 N–H and O–H groups in total. The number of hydrogen-bond donors (Lipinski definition) is 1. The van der Waals surface area contributed by atoms with Crippen molar-refractivity contribution < 1.29 is 13.2 Å². The minimum absolute atomic E-state index is 0.0792. The van der Waals surface area contributed by atoms with Gasteiger partial charge in [-0.15, -0.1) is 0 Å². The van der Waals surface area contributed by atoms with Gasteiger partial charge in [0.2, 0.25) is 0 Å². The molecule has 1 aliphatic rings. The zero-order valence-corrected chi connectivity index (χ0v) is 12.5. The van der Waals surface area contributed by atoms with Crippen LogP contribution in [0.4, 0.5) is 24.8 Å². The van der Waals surface area contributed by atoms with Crippen molar-refractivity contribution in [2.24, 2.45) is 11.8 Å². The normalized spacial score (nSPS) is 20.7. The van der Waals surface area contributed by atoms with Crippen molar-refractivity contribution in [3.05, 3.63) is 17.7 Å². The summed E-state index contributed by atoms with van der Waals surface area (Å²) in [4.78, 5) is 6.01. The van der Waals surface area contributed by atoms with Crippen LogP contribution in [-0.2, 0) is 6.18 Å². The third-order valence-electron chi connectivity index (χ3n) is 4.20. The Bertz CT molecular complexity index is 486. The summed E-state index contributed by atoms with van der Waals surface area (Å²) < 4.78 is 38.6. The Morgan fingerprint density at radius 1 is 1.24 bits per heavy atom. The standard InChI is InChI=1S/C15H22F3N3/c1-10(2)11-4-3-6-21(7-5-11)14-9-12(15(16,17)18)8-13(19)20-14/h8-11H,3-7H2,1-2H3,(H2,19,20). The second-order valence-electron chi connectivity index (χ2n) is 6.06. The molecule has 0 aromatic carbocycles. The largest absolute Gasteiger partial charge is 0.416 e. The number of rotatable bonds is 2. The number of anilines is 2. The molecule has 1 aromatic heterocycles. The Labute approximate surface area is 123 Å². The number of nitrogen functional groups attached to an aromatic ring is 1. The predicted octanol–water partition coefficient (Wildman–Crippen LogP) is 3.95. The van der Waals surface area contributed by atoms with Crippen LogP contribution in [0.15, 0.2) is 12.1 Å².